The van der Waals surface area contributed by atoms with Gasteiger partial charge in [0.15, 0.2) is 0 Å². The van der Waals surface area contributed by atoms with Crippen LogP contribution in [0.4, 0.5) is 5.69 Å². The van der Waals surface area contributed by atoms with Crippen molar-refractivity contribution in [2.24, 2.45) is 0 Å². The van der Waals surface area contributed by atoms with Crippen LogP contribution in [-0.4, -0.2) is 24.2 Å². The summed E-state index contributed by atoms with van der Waals surface area (Å²) >= 11 is 7.84. The van der Waals surface area contributed by atoms with Crippen molar-refractivity contribution in [1.29, 1.82) is 5.26 Å². The third kappa shape index (κ3) is 6.25. The van der Waals surface area contributed by atoms with Crippen LogP contribution in [0.15, 0.2) is 89.0 Å². The average molecular weight is 572 g/mol. The monoisotopic (exact) mass is 571 g/mol. The van der Waals surface area contributed by atoms with E-state index >= 15 is 0 Å². The molecule has 0 saturated heterocycles. The Balaban J connectivity index is 1.77. The molecule has 8 heteroatoms. The van der Waals surface area contributed by atoms with Crippen molar-refractivity contribution in [1.82, 2.24) is 5.32 Å². The first kappa shape index (κ1) is 29.0. The first-order valence-electron chi connectivity index (χ1n) is 13.0. The molecule has 1 aliphatic heterocycles. The van der Waals surface area contributed by atoms with E-state index in [-0.39, 0.29) is 18.3 Å². The van der Waals surface area contributed by atoms with E-state index in [9.17, 15) is 14.9 Å². The molecule has 0 bridgehead atoms. The molecule has 0 fully saturated rings. The number of hydrogen-bond acceptors (Lipinski definition) is 6. The van der Waals surface area contributed by atoms with Gasteiger partial charge in [0.1, 0.15) is 0 Å². The minimum absolute atomic E-state index is 0.0526. The summed E-state index contributed by atoms with van der Waals surface area (Å²) in [4.78, 5) is 26.6. The van der Waals surface area contributed by atoms with Crippen LogP contribution in [0.25, 0.3) is 5.70 Å². The fourth-order valence-electron chi connectivity index (χ4n) is 4.69. The maximum Gasteiger partial charge on any atom is 0.337 e. The third-order valence-corrected chi connectivity index (χ3v) is 7.94. The SMILES string of the molecule is CCOC(=O)C1=C(c2ccccc2)NC(SCC(=O)Nc2c(C)cccc2CC)=C(C#N)[C@@H]1c1ccccc1Cl. The van der Waals surface area contributed by atoms with Crippen LogP contribution < -0.4 is 10.6 Å². The van der Waals surface area contributed by atoms with Crippen molar-refractivity contribution in [3.05, 3.63) is 116 Å². The Morgan fingerprint density at radius 2 is 1.77 bits per heavy atom. The highest BCUT2D eigenvalue weighted by Gasteiger charge is 2.38. The summed E-state index contributed by atoms with van der Waals surface area (Å²) in [7, 11) is 0. The van der Waals surface area contributed by atoms with Crippen LogP contribution >= 0.6 is 23.4 Å². The topological polar surface area (TPSA) is 91.2 Å². The number of benzene rings is 3. The Kier molecular flexibility index (Phi) is 9.70. The number of hydrogen-bond donors (Lipinski definition) is 2. The van der Waals surface area contributed by atoms with Gasteiger partial charge in [-0.1, -0.05) is 97.0 Å². The van der Waals surface area contributed by atoms with Gasteiger partial charge in [-0.15, -0.1) is 0 Å². The summed E-state index contributed by atoms with van der Waals surface area (Å²) in [5.74, 6) is -1.48. The zero-order chi connectivity index (χ0) is 28.6. The van der Waals surface area contributed by atoms with Crippen molar-refractivity contribution in [3.63, 3.8) is 0 Å². The van der Waals surface area contributed by atoms with Gasteiger partial charge in [0, 0.05) is 10.7 Å². The molecule has 1 heterocycles. The number of anilines is 1. The predicted octanol–water partition coefficient (Wildman–Crippen LogP) is 6.98. The molecule has 3 aromatic rings. The number of nitrogens with zero attached hydrogens (tertiary/aromatic N) is 1. The number of rotatable bonds is 9. The normalized spacial score (nSPS) is 14.8. The second-order valence-electron chi connectivity index (χ2n) is 9.11. The molecule has 6 nitrogen and oxygen atoms in total. The minimum Gasteiger partial charge on any atom is -0.463 e. The van der Waals surface area contributed by atoms with Gasteiger partial charge in [0.25, 0.3) is 0 Å². The van der Waals surface area contributed by atoms with Crippen molar-refractivity contribution < 1.29 is 14.3 Å². The number of aryl methyl sites for hydroxylation is 2. The number of carbonyl (C=O) groups excluding carboxylic acids is 2. The number of ether oxygens (including phenoxy) is 1. The average Bonchev–Trinajstić information content (AvgIpc) is 2.97. The molecule has 0 spiro atoms. The van der Waals surface area contributed by atoms with E-state index < -0.39 is 11.9 Å². The highest BCUT2D eigenvalue weighted by atomic mass is 35.5. The summed E-state index contributed by atoms with van der Waals surface area (Å²) in [6, 6.07) is 24.7. The molecule has 0 radical (unpaired) electrons. The highest BCUT2D eigenvalue weighted by molar-refractivity contribution is 8.03. The van der Waals surface area contributed by atoms with E-state index in [1.54, 1.807) is 25.1 Å². The lowest BCUT2D eigenvalue weighted by Crippen LogP contribution is -2.30. The summed E-state index contributed by atoms with van der Waals surface area (Å²) in [5.41, 5.74) is 5.29. The van der Waals surface area contributed by atoms with Crippen LogP contribution in [0, 0.1) is 18.3 Å². The molecular formula is C32H30ClN3O3S. The van der Waals surface area contributed by atoms with Gasteiger partial charge in [0.05, 0.1) is 46.2 Å². The molecule has 1 atom stereocenters. The van der Waals surface area contributed by atoms with Crippen LogP contribution in [0.3, 0.4) is 0 Å². The van der Waals surface area contributed by atoms with Crippen molar-refractivity contribution in [2.45, 2.75) is 33.1 Å². The van der Waals surface area contributed by atoms with E-state index in [0.717, 1.165) is 28.8 Å². The molecule has 4 rings (SSSR count). The number of dihydropyridines is 1. The van der Waals surface area contributed by atoms with Gasteiger partial charge in [-0.3, -0.25) is 4.79 Å². The Bertz CT molecular complexity index is 1530. The molecule has 0 aromatic heterocycles. The van der Waals surface area contributed by atoms with Crippen LogP contribution in [0.5, 0.6) is 0 Å². The summed E-state index contributed by atoms with van der Waals surface area (Å²) in [6.07, 6.45) is 0.789. The van der Waals surface area contributed by atoms with Gasteiger partial charge < -0.3 is 15.4 Å². The lowest BCUT2D eigenvalue weighted by atomic mass is 9.81. The number of esters is 1. The van der Waals surface area contributed by atoms with Crippen molar-refractivity contribution >= 4 is 46.6 Å². The second kappa shape index (κ2) is 13.4. The maximum absolute atomic E-state index is 13.4. The van der Waals surface area contributed by atoms with E-state index in [1.807, 2.05) is 68.4 Å². The summed E-state index contributed by atoms with van der Waals surface area (Å²) < 4.78 is 5.47. The summed E-state index contributed by atoms with van der Waals surface area (Å²) in [6.45, 7) is 5.91. The maximum atomic E-state index is 13.4. The Morgan fingerprint density at radius 3 is 2.45 bits per heavy atom. The number of para-hydroxylation sites is 1. The number of nitrogens with one attached hydrogen (secondary N) is 2. The lowest BCUT2D eigenvalue weighted by molar-refractivity contribution is -0.138. The smallest absolute Gasteiger partial charge is 0.337 e. The van der Waals surface area contributed by atoms with Crippen LogP contribution in [0.1, 0.15) is 42.0 Å². The van der Waals surface area contributed by atoms with E-state index in [4.69, 9.17) is 16.3 Å². The van der Waals surface area contributed by atoms with Gasteiger partial charge in [0.2, 0.25) is 5.91 Å². The molecular weight excluding hydrogens is 542 g/mol. The molecule has 40 heavy (non-hydrogen) atoms. The van der Waals surface area contributed by atoms with Gasteiger partial charge in [-0.2, -0.15) is 5.26 Å². The number of amides is 1. The van der Waals surface area contributed by atoms with Crippen LogP contribution in [-0.2, 0) is 20.7 Å². The van der Waals surface area contributed by atoms with E-state index in [2.05, 4.69) is 16.7 Å². The molecule has 2 N–H and O–H groups in total. The quantitative estimate of drug-likeness (QED) is 0.269. The first-order chi connectivity index (χ1) is 19.4. The summed E-state index contributed by atoms with van der Waals surface area (Å²) in [5, 5.41) is 17.6. The standard InChI is InChI=1S/C32H30ClN3O3S/c1-4-21-15-11-12-20(3)29(21)35-26(37)19-40-31-24(18-34)27(23-16-9-10-17-25(23)33)28(32(38)39-5-2)30(36-31)22-13-7-6-8-14-22/h6-17,27,36H,4-5,19H2,1-3H3,(H,35,37)/t27-/m0/s1. The molecule has 1 aliphatic rings. The molecule has 204 valence electrons. The van der Waals surface area contributed by atoms with Gasteiger partial charge in [-0.05, 0) is 48.6 Å². The fourth-order valence-corrected chi connectivity index (χ4v) is 5.78. The molecule has 0 unspecified atom stereocenters. The Morgan fingerprint density at radius 1 is 1.05 bits per heavy atom. The molecule has 3 aromatic carbocycles. The molecule has 1 amide bonds. The zero-order valence-electron chi connectivity index (χ0n) is 22.6. The zero-order valence-corrected chi connectivity index (χ0v) is 24.2. The van der Waals surface area contributed by atoms with Crippen molar-refractivity contribution in [3.8, 4) is 6.07 Å². The van der Waals surface area contributed by atoms with E-state index in [0.29, 0.717) is 32.5 Å². The first-order valence-corrected chi connectivity index (χ1v) is 14.4. The molecule has 0 saturated carbocycles. The number of carbonyl (C=O) groups is 2. The van der Waals surface area contributed by atoms with Gasteiger partial charge in [-0.25, -0.2) is 4.79 Å². The fraction of sp³-hybridized carbons (Fsp3) is 0.219. The molecule has 0 aliphatic carbocycles. The predicted molar refractivity (Wildman–Crippen MR) is 162 cm³/mol. The number of nitriles is 1. The van der Waals surface area contributed by atoms with Gasteiger partial charge >= 0.3 is 5.97 Å². The van der Waals surface area contributed by atoms with Crippen molar-refractivity contribution in [2.75, 3.05) is 17.7 Å². The third-order valence-electron chi connectivity index (χ3n) is 6.58. The minimum atomic E-state index is -0.789. The largest absolute Gasteiger partial charge is 0.463 e. The number of halogens is 1. The second-order valence-corrected chi connectivity index (χ2v) is 10.5. The number of allylic oxidation sites excluding steroid dienone is 1. The number of thioether (sulfide) groups is 1. The highest BCUT2D eigenvalue weighted by Crippen LogP contribution is 2.45. The lowest BCUT2D eigenvalue weighted by Gasteiger charge is -2.31. The Hall–Kier alpha value is -3.99. The Labute approximate surface area is 244 Å². The van der Waals surface area contributed by atoms with E-state index in [1.165, 1.54) is 11.8 Å². The van der Waals surface area contributed by atoms with Crippen LogP contribution in [0.2, 0.25) is 5.02 Å².